The molecule has 0 aliphatic carbocycles. The number of hydrogen-bond acceptors (Lipinski definition) is 5. The fourth-order valence-electron chi connectivity index (χ4n) is 2.75. The van der Waals surface area contributed by atoms with Crippen LogP contribution < -0.4 is 14.8 Å². The molecule has 0 radical (unpaired) electrons. The number of thiophene rings is 1. The van der Waals surface area contributed by atoms with Crippen molar-refractivity contribution in [3.63, 3.8) is 0 Å². The molecule has 0 aliphatic rings. The smallest absolute Gasteiger partial charge is 0.339 e. The van der Waals surface area contributed by atoms with Crippen molar-refractivity contribution in [1.29, 1.82) is 0 Å². The number of amides is 1. The first kappa shape index (κ1) is 23.5. The van der Waals surface area contributed by atoms with Gasteiger partial charge in [0.2, 0.25) is 0 Å². The lowest BCUT2D eigenvalue weighted by Gasteiger charge is -2.13. The van der Waals surface area contributed by atoms with Crippen LogP contribution >= 0.6 is 79.1 Å². The first-order valence-corrected chi connectivity index (χ1v) is 12.4. The Balaban J connectivity index is 2.02. The van der Waals surface area contributed by atoms with E-state index in [-0.39, 0.29) is 11.3 Å². The number of aromatic carboxylic acids is 1. The summed E-state index contributed by atoms with van der Waals surface area (Å²) in [4.78, 5) is 25.6. The van der Waals surface area contributed by atoms with Gasteiger partial charge in [-0.05, 0) is 91.5 Å². The van der Waals surface area contributed by atoms with Crippen LogP contribution in [0.3, 0.4) is 0 Å². The largest absolute Gasteiger partial charge is 0.497 e. The molecule has 1 aromatic heterocycles. The van der Waals surface area contributed by atoms with Crippen LogP contribution in [-0.2, 0) is 0 Å². The lowest BCUT2D eigenvalue weighted by Crippen LogP contribution is -2.16. The molecule has 0 fully saturated rings. The summed E-state index contributed by atoms with van der Waals surface area (Å²) in [6.07, 6.45) is 0. The summed E-state index contributed by atoms with van der Waals surface area (Å²) in [5.74, 6) is -0.273. The van der Waals surface area contributed by atoms with Gasteiger partial charge in [-0.3, -0.25) is 4.79 Å². The van der Waals surface area contributed by atoms with E-state index in [2.05, 4.69) is 73.1 Å². The predicted molar refractivity (Wildman–Crippen MR) is 142 cm³/mol. The lowest BCUT2D eigenvalue weighted by atomic mass is 10.1. The average Bonchev–Trinajstić information content (AvgIpc) is 3.15. The second-order valence-corrected chi connectivity index (χ2v) is 10.1. The number of carboxylic acids is 1. The molecule has 6 nitrogen and oxygen atoms in total. The van der Waals surface area contributed by atoms with Gasteiger partial charge in [0.05, 0.1) is 37.5 Å². The van der Waals surface area contributed by atoms with Crippen molar-refractivity contribution in [3.8, 4) is 21.9 Å². The van der Waals surface area contributed by atoms with Crippen molar-refractivity contribution in [2.75, 3.05) is 19.5 Å². The zero-order valence-corrected chi connectivity index (χ0v) is 22.9. The van der Waals surface area contributed by atoms with Gasteiger partial charge < -0.3 is 19.9 Å². The number of methoxy groups -OCH3 is 2. The summed E-state index contributed by atoms with van der Waals surface area (Å²) in [5, 5.41) is 14.2. The maximum atomic E-state index is 13.0. The summed E-state index contributed by atoms with van der Waals surface area (Å²) >= 11 is 7.62. The maximum Gasteiger partial charge on any atom is 0.339 e. The van der Waals surface area contributed by atoms with Gasteiger partial charge in [-0.2, -0.15) is 0 Å². The Hall–Kier alpha value is -1.13. The van der Waals surface area contributed by atoms with Gasteiger partial charge in [-0.15, -0.1) is 11.3 Å². The van der Waals surface area contributed by atoms with Crippen LogP contribution in [0.5, 0.6) is 11.5 Å². The minimum absolute atomic E-state index is 0.0452. The highest BCUT2D eigenvalue weighted by molar-refractivity contribution is 14.1. The standard InChI is InChI=1S/C20H14I3NO5S/c1-28-10-5-3-4-9(6-10)18-14(20(26)27)13(8-30-18)24-19(25)11-7-12(21)16(23)17(29-2)15(11)22/h3-8H,1-2H3,(H,24,25)(H,26,27). The van der Waals surface area contributed by atoms with Gasteiger partial charge in [-0.1, -0.05) is 12.1 Å². The first-order valence-electron chi connectivity index (χ1n) is 8.30. The second-order valence-electron chi connectivity index (χ2n) is 5.91. The van der Waals surface area contributed by atoms with Crippen LogP contribution in [0.1, 0.15) is 20.7 Å². The van der Waals surface area contributed by atoms with Crippen molar-refractivity contribution < 1.29 is 24.2 Å². The van der Waals surface area contributed by atoms with Crippen molar-refractivity contribution in [2.45, 2.75) is 0 Å². The van der Waals surface area contributed by atoms with Gasteiger partial charge in [0.25, 0.3) is 5.91 Å². The van der Waals surface area contributed by atoms with E-state index in [1.54, 1.807) is 43.9 Å². The predicted octanol–water partition coefficient (Wildman–Crippen LogP) is 6.20. The van der Waals surface area contributed by atoms with Gasteiger partial charge in [0.15, 0.2) is 0 Å². The molecule has 1 amide bonds. The molecule has 3 rings (SSSR count). The molecule has 0 saturated heterocycles. The molecule has 30 heavy (non-hydrogen) atoms. The van der Waals surface area contributed by atoms with E-state index in [4.69, 9.17) is 9.47 Å². The highest BCUT2D eigenvalue weighted by Gasteiger charge is 2.24. The molecule has 156 valence electrons. The Morgan fingerprint density at radius 3 is 2.43 bits per heavy atom. The van der Waals surface area contributed by atoms with Crippen LogP contribution in [0.25, 0.3) is 10.4 Å². The summed E-state index contributed by atoms with van der Waals surface area (Å²) in [6, 6.07) is 8.91. The molecule has 1 heterocycles. The molecule has 0 atom stereocenters. The Labute approximate surface area is 217 Å². The van der Waals surface area contributed by atoms with Gasteiger partial charge in [0.1, 0.15) is 17.1 Å². The third-order valence-electron chi connectivity index (χ3n) is 4.15. The quantitative estimate of drug-likeness (QED) is 0.231. The van der Waals surface area contributed by atoms with Crippen LogP contribution in [0, 0.1) is 10.7 Å². The van der Waals surface area contributed by atoms with E-state index in [0.717, 1.165) is 7.14 Å². The first-order chi connectivity index (χ1) is 14.3. The SMILES string of the molecule is COc1cccc(-c2scc(NC(=O)c3cc(I)c(I)c(OC)c3I)c2C(=O)O)c1. The number of ether oxygens (including phenoxy) is 2. The number of halogens is 3. The van der Waals surface area contributed by atoms with Crippen molar-refractivity contribution in [1.82, 2.24) is 0 Å². The second kappa shape index (κ2) is 9.99. The molecule has 2 N–H and O–H groups in total. The number of rotatable bonds is 6. The zero-order valence-electron chi connectivity index (χ0n) is 15.6. The highest BCUT2D eigenvalue weighted by Crippen LogP contribution is 2.38. The van der Waals surface area contributed by atoms with Crippen molar-refractivity contribution >= 4 is 96.7 Å². The molecule has 0 unspecified atom stereocenters. The summed E-state index contributed by atoms with van der Waals surface area (Å²) < 4.78 is 13.1. The van der Waals surface area contributed by atoms with E-state index in [9.17, 15) is 14.7 Å². The number of carbonyl (C=O) groups excluding carboxylic acids is 1. The van der Waals surface area contributed by atoms with Crippen molar-refractivity contribution in [2.24, 2.45) is 0 Å². The summed E-state index contributed by atoms with van der Waals surface area (Å²) in [7, 11) is 3.11. The fraction of sp³-hybridized carbons (Fsp3) is 0.100. The van der Waals surface area contributed by atoms with Crippen LogP contribution in [0.2, 0.25) is 0 Å². The van der Waals surface area contributed by atoms with Crippen LogP contribution in [0.15, 0.2) is 35.7 Å². The molecule has 2 aromatic carbocycles. The van der Waals surface area contributed by atoms with Gasteiger partial charge in [0, 0.05) is 8.95 Å². The summed E-state index contributed by atoms with van der Waals surface area (Å²) in [5.41, 5.74) is 1.42. The minimum Gasteiger partial charge on any atom is -0.497 e. The Bertz CT molecular complexity index is 1150. The number of hydrogen-bond donors (Lipinski definition) is 2. The molecule has 0 spiro atoms. The van der Waals surface area contributed by atoms with Crippen LogP contribution in [-0.4, -0.2) is 31.2 Å². The molecule has 0 saturated carbocycles. The number of nitrogens with one attached hydrogen (secondary N) is 1. The Kier molecular flexibility index (Phi) is 7.84. The lowest BCUT2D eigenvalue weighted by molar-refractivity contribution is 0.0699. The maximum absolute atomic E-state index is 13.0. The van der Waals surface area contributed by atoms with Crippen LogP contribution in [0.4, 0.5) is 5.69 Å². The third-order valence-corrected chi connectivity index (χ3v) is 9.20. The van der Waals surface area contributed by atoms with E-state index >= 15 is 0 Å². The normalized spacial score (nSPS) is 10.6. The van der Waals surface area contributed by atoms with E-state index in [0.29, 0.717) is 31.1 Å². The Morgan fingerprint density at radius 1 is 1.07 bits per heavy atom. The topological polar surface area (TPSA) is 84.9 Å². The molecule has 3 aromatic rings. The average molecular weight is 761 g/mol. The molecular weight excluding hydrogens is 747 g/mol. The van der Waals surface area contributed by atoms with E-state index < -0.39 is 11.9 Å². The summed E-state index contributed by atoms with van der Waals surface area (Å²) in [6.45, 7) is 0. The Morgan fingerprint density at radius 2 is 1.80 bits per heavy atom. The molecule has 0 bridgehead atoms. The molecular formula is C20H14I3NO5S. The number of benzene rings is 2. The molecule has 10 heteroatoms. The zero-order chi connectivity index (χ0) is 22.0. The van der Waals surface area contributed by atoms with Gasteiger partial charge >= 0.3 is 5.97 Å². The monoisotopic (exact) mass is 761 g/mol. The fourth-order valence-corrected chi connectivity index (χ4v) is 6.35. The molecule has 0 aliphatic heterocycles. The van der Waals surface area contributed by atoms with E-state index in [1.165, 1.54) is 11.3 Å². The minimum atomic E-state index is -1.12. The third kappa shape index (κ3) is 4.70. The number of carboxylic acid groups (broad SMARTS) is 1. The van der Waals surface area contributed by atoms with Crippen molar-refractivity contribution in [3.05, 3.63) is 57.5 Å². The number of carbonyl (C=O) groups is 2. The highest BCUT2D eigenvalue weighted by atomic mass is 127. The van der Waals surface area contributed by atoms with Gasteiger partial charge in [-0.25, -0.2) is 4.79 Å². The van der Waals surface area contributed by atoms with E-state index in [1.807, 2.05) is 6.07 Å². The number of anilines is 1.